The van der Waals surface area contributed by atoms with E-state index in [4.69, 9.17) is 32.5 Å². The van der Waals surface area contributed by atoms with Gasteiger partial charge in [-0.2, -0.15) is 0 Å². The highest BCUT2D eigenvalue weighted by Gasteiger charge is 2.41. The van der Waals surface area contributed by atoms with Crippen molar-refractivity contribution in [3.8, 4) is 17.2 Å². The quantitative estimate of drug-likeness (QED) is 0.0918. The fourth-order valence-electron chi connectivity index (χ4n) is 7.16. The topological polar surface area (TPSA) is 69.5 Å². The molecule has 1 aromatic carbocycles. The molecule has 0 unspecified atom stereocenters. The van der Waals surface area contributed by atoms with Gasteiger partial charge in [-0.25, -0.2) is 0 Å². The first-order valence-electron chi connectivity index (χ1n) is 20.5. The highest BCUT2D eigenvalue weighted by Crippen LogP contribution is 2.43. The lowest BCUT2D eigenvalue weighted by molar-refractivity contribution is -0.0723. The van der Waals surface area contributed by atoms with Crippen LogP contribution in [0.15, 0.2) is 48.1 Å². The van der Waals surface area contributed by atoms with Crippen LogP contribution in [0.3, 0.4) is 0 Å². The van der Waals surface area contributed by atoms with E-state index in [0.29, 0.717) is 13.0 Å². The van der Waals surface area contributed by atoms with E-state index >= 15 is 0 Å². The maximum absolute atomic E-state index is 7.21. The van der Waals surface area contributed by atoms with Crippen LogP contribution in [0.1, 0.15) is 98.7 Å². The largest absolute Gasteiger partial charge is 0.497 e. The molecule has 0 N–H and O–H groups in total. The van der Waals surface area contributed by atoms with Gasteiger partial charge < -0.3 is 37.1 Å². The minimum atomic E-state index is -2.11. The second-order valence-corrected chi connectivity index (χ2v) is 28.6. The van der Waals surface area contributed by atoms with E-state index in [9.17, 15) is 0 Å². The van der Waals surface area contributed by atoms with E-state index in [1.807, 2.05) is 12.1 Å². The van der Waals surface area contributed by atoms with Gasteiger partial charge in [0, 0.05) is 56.2 Å². The molecule has 56 heavy (non-hydrogen) atoms. The first-order valence-corrected chi connectivity index (χ1v) is 26.3. The van der Waals surface area contributed by atoms with Crippen LogP contribution in [-0.4, -0.2) is 81.7 Å². The van der Waals surface area contributed by atoms with Crippen molar-refractivity contribution in [2.75, 3.05) is 42.2 Å². The molecule has 0 aliphatic heterocycles. The van der Waals surface area contributed by atoms with Crippen LogP contribution in [0, 0.1) is 31.6 Å². The number of rotatable bonds is 21. The van der Waals surface area contributed by atoms with Gasteiger partial charge in [0.1, 0.15) is 11.5 Å². The monoisotopic (exact) mass is 816 g/mol. The maximum atomic E-state index is 7.21. The number of hydrogen-bond acceptors (Lipinski definition) is 7. The number of hydrogen-bond donors (Lipinski definition) is 0. The van der Waals surface area contributed by atoms with Crippen molar-refractivity contribution in [1.29, 1.82) is 0 Å². The molecule has 0 spiro atoms. The van der Waals surface area contributed by atoms with Crippen molar-refractivity contribution in [3.05, 3.63) is 65.0 Å². The average Bonchev–Trinajstić information content (AvgIpc) is 3.44. The molecular weight excluding hydrogens is 735 g/mol. The average molecular weight is 816 g/mol. The summed E-state index contributed by atoms with van der Waals surface area (Å²) < 4.78 is 46.7. The number of nitrogens with zero attached hydrogens (tertiary/aromatic N) is 1. The van der Waals surface area contributed by atoms with Crippen molar-refractivity contribution >= 4 is 16.6 Å². The SMILES string of the molecule is COc1cc([C@H](OC)[C@@H](C)C[C@H](OC)[C@H](OC)[C@@H](C)/C=C(\C)[C@H](O[Si](C)(C)C(C)(C)C)[C@@H](C)/C=C\CO[Si](C)(C)C(C)(C)C)c(OC)c(-n2c(C)ccc2C)c1. The molecule has 1 aromatic heterocycles. The van der Waals surface area contributed by atoms with Crippen LogP contribution >= 0.6 is 0 Å². The normalized spacial score (nSPS) is 17.4. The van der Waals surface area contributed by atoms with Crippen molar-refractivity contribution in [1.82, 2.24) is 4.57 Å². The van der Waals surface area contributed by atoms with Gasteiger partial charge in [0.2, 0.25) is 0 Å². The zero-order valence-electron chi connectivity index (χ0n) is 39.3. The molecule has 0 saturated carbocycles. The highest BCUT2D eigenvalue weighted by molar-refractivity contribution is 6.74. The summed E-state index contributed by atoms with van der Waals surface area (Å²) in [6, 6.07) is 8.28. The summed E-state index contributed by atoms with van der Waals surface area (Å²) >= 11 is 0. The van der Waals surface area contributed by atoms with Gasteiger partial charge in [0.25, 0.3) is 0 Å². The molecule has 2 aromatic rings. The Morgan fingerprint density at radius 3 is 1.80 bits per heavy atom. The van der Waals surface area contributed by atoms with E-state index in [1.165, 1.54) is 5.57 Å². The first kappa shape index (κ1) is 50.0. The van der Waals surface area contributed by atoms with E-state index in [2.05, 4.69) is 144 Å². The minimum Gasteiger partial charge on any atom is -0.497 e. The Kier molecular flexibility index (Phi) is 18.4. The molecule has 0 bridgehead atoms. The first-order chi connectivity index (χ1) is 25.8. The van der Waals surface area contributed by atoms with Gasteiger partial charge in [-0.05, 0) is 93.1 Å². The zero-order chi connectivity index (χ0) is 43.0. The van der Waals surface area contributed by atoms with E-state index in [-0.39, 0.29) is 52.2 Å². The lowest BCUT2D eigenvalue weighted by Crippen LogP contribution is -2.46. The van der Waals surface area contributed by atoms with Gasteiger partial charge >= 0.3 is 0 Å². The third-order valence-corrected chi connectivity index (χ3v) is 21.6. The standard InChI is InChI=1S/C46H81NO7Si2/c1-31(23-22-26-53-55(18,19)45(7,8)9)41(54-56(20,21)46(10,11)12)32(2)27-33(3)43(51-16)40(49-14)28-34(4)42(50-15)38-29-37(48-13)30-39(44(38)52-17)47-35(5)24-25-36(47)6/h22-25,27,29-31,33-34,40-43H,26,28H2,1-21H3/b23-22-,32-27+/t31-,33-,34-,40-,41+,42+,43+/m0/s1. The van der Waals surface area contributed by atoms with Crippen molar-refractivity contribution < 1.29 is 32.5 Å². The molecule has 2 rings (SSSR count). The lowest BCUT2D eigenvalue weighted by atomic mass is 9.86. The summed E-state index contributed by atoms with van der Waals surface area (Å²) in [5.74, 6) is 1.73. The van der Waals surface area contributed by atoms with Crippen LogP contribution in [0.2, 0.25) is 36.3 Å². The highest BCUT2D eigenvalue weighted by atomic mass is 28.4. The molecule has 0 saturated heterocycles. The van der Waals surface area contributed by atoms with Gasteiger partial charge in [0.05, 0.1) is 50.9 Å². The van der Waals surface area contributed by atoms with Gasteiger partial charge in [-0.15, -0.1) is 0 Å². The van der Waals surface area contributed by atoms with Gasteiger partial charge in [0.15, 0.2) is 16.6 Å². The Balaban J connectivity index is 2.47. The summed E-state index contributed by atoms with van der Waals surface area (Å²) in [6.45, 7) is 36.7. The smallest absolute Gasteiger partial charge is 0.192 e. The molecule has 0 radical (unpaired) electrons. The van der Waals surface area contributed by atoms with Gasteiger partial charge in [-0.3, -0.25) is 0 Å². The third kappa shape index (κ3) is 12.4. The summed E-state index contributed by atoms with van der Waals surface area (Å²) in [6.07, 6.45) is 6.71. The number of aromatic nitrogens is 1. The summed E-state index contributed by atoms with van der Waals surface area (Å²) in [7, 11) is 4.77. The zero-order valence-corrected chi connectivity index (χ0v) is 41.3. The molecule has 0 aliphatic carbocycles. The van der Waals surface area contributed by atoms with Crippen molar-refractivity contribution in [2.24, 2.45) is 17.8 Å². The predicted octanol–water partition coefficient (Wildman–Crippen LogP) is 12.0. The summed E-state index contributed by atoms with van der Waals surface area (Å²) in [4.78, 5) is 0. The van der Waals surface area contributed by atoms with E-state index < -0.39 is 16.6 Å². The number of aryl methyl sites for hydroxylation is 2. The molecule has 10 heteroatoms. The molecule has 7 atom stereocenters. The molecule has 0 fully saturated rings. The number of methoxy groups -OCH3 is 5. The van der Waals surface area contributed by atoms with Crippen LogP contribution in [0.4, 0.5) is 0 Å². The Hall–Kier alpha value is -2.19. The van der Waals surface area contributed by atoms with E-state index in [1.54, 1.807) is 35.5 Å². The molecule has 0 amide bonds. The van der Waals surface area contributed by atoms with Gasteiger partial charge in [-0.1, -0.05) is 80.5 Å². The third-order valence-electron chi connectivity index (χ3n) is 12.6. The molecule has 1 heterocycles. The molecule has 8 nitrogen and oxygen atoms in total. The van der Waals surface area contributed by atoms with Crippen LogP contribution in [0.25, 0.3) is 5.69 Å². The van der Waals surface area contributed by atoms with Crippen molar-refractivity contribution in [3.63, 3.8) is 0 Å². The molecule has 320 valence electrons. The lowest BCUT2D eigenvalue weighted by Gasteiger charge is -2.41. The van der Waals surface area contributed by atoms with Crippen molar-refractivity contribution in [2.45, 2.75) is 150 Å². The Bertz CT molecular complexity index is 1560. The number of ether oxygens (including phenoxy) is 5. The summed E-state index contributed by atoms with van der Waals surface area (Å²) in [5, 5.41) is 0.241. The molecule has 0 aliphatic rings. The Labute approximate surface area is 344 Å². The van der Waals surface area contributed by atoms with Crippen LogP contribution in [-0.2, 0) is 23.1 Å². The summed E-state index contributed by atoms with van der Waals surface area (Å²) in [5.41, 5.74) is 5.28. The van der Waals surface area contributed by atoms with Crippen LogP contribution < -0.4 is 9.47 Å². The Morgan fingerprint density at radius 1 is 0.768 bits per heavy atom. The number of benzene rings is 1. The second-order valence-electron chi connectivity index (χ2n) is 19.0. The molecular formula is C46H81NO7Si2. The van der Waals surface area contributed by atoms with E-state index in [0.717, 1.165) is 34.1 Å². The van der Waals surface area contributed by atoms with Crippen LogP contribution in [0.5, 0.6) is 11.5 Å². The minimum absolute atomic E-state index is 0.0361. The predicted molar refractivity (Wildman–Crippen MR) is 240 cm³/mol. The second kappa shape index (κ2) is 20.7. The maximum Gasteiger partial charge on any atom is 0.192 e. The Morgan fingerprint density at radius 2 is 1.34 bits per heavy atom. The fraction of sp³-hybridized carbons (Fsp3) is 0.696. The fourth-order valence-corrected chi connectivity index (χ4v) is 9.49.